The van der Waals surface area contributed by atoms with E-state index in [1.807, 2.05) is 41.5 Å². The number of imide groups is 1. The van der Waals surface area contributed by atoms with Crippen LogP contribution in [0.4, 0.5) is 4.79 Å². The quantitative estimate of drug-likeness (QED) is 0.473. The van der Waals surface area contributed by atoms with E-state index in [9.17, 15) is 14.4 Å². The van der Waals surface area contributed by atoms with Gasteiger partial charge in [-0.05, 0) is 49.9 Å². The van der Waals surface area contributed by atoms with E-state index in [0.717, 1.165) is 25.7 Å². The summed E-state index contributed by atoms with van der Waals surface area (Å²) in [7, 11) is 0. The maximum Gasteiger partial charge on any atom is 0.407 e. The minimum atomic E-state index is -0.512. The monoisotopic (exact) mass is 519 g/mol. The van der Waals surface area contributed by atoms with Crippen LogP contribution < -0.4 is 11.1 Å². The number of carbonyl (C=O) groups excluding carboxylic acids is 3. The Morgan fingerprint density at radius 2 is 1.46 bits per heavy atom. The van der Waals surface area contributed by atoms with Crippen LogP contribution >= 0.6 is 12.4 Å². The zero-order valence-electron chi connectivity index (χ0n) is 23.3. The first kappa shape index (κ1) is 33.6. The molecule has 2 fully saturated rings. The van der Waals surface area contributed by atoms with Crippen LogP contribution in [0.1, 0.15) is 101 Å². The first-order chi connectivity index (χ1) is 15.3. The number of hydrogen-bond acceptors (Lipinski definition) is 6. The van der Waals surface area contributed by atoms with Crippen LogP contribution in [-0.2, 0) is 14.3 Å². The number of amides is 3. The van der Waals surface area contributed by atoms with Gasteiger partial charge in [-0.2, -0.15) is 0 Å². The van der Waals surface area contributed by atoms with Gasteiger partial charge >= 0.3 is 6.09 Å². The summed E-state index contributed by atoms with van der Waals surface area (Å²) in [5.41, 5.74) is 5.29. The molecule has 206 valence electrons. The molecule has 35 heavy (non-hydrogen) atoms. The molecule has 0 unspecified atom stereocenters. The van der Waals surface area contributed by atoms with Gasteiger partial charge in [0.1, 0.15) is 5.60 Å². The minimum Gasteiger partial charge on any atom is -0.444 e. The van der Waals surface area contributed by atoms with E-state index in [1.165, 1.54) is 4.90 Å². The Morgan fingerprint density at radius 1 is 1.00 bits per heavy atom. The highest BCUT2D eigenvalue weighted by Crippen LogP contribution is 2.47. The van der Waals surface area contributed by atoms with Gasteiger partial charge in [-0.15, -0.1) is 12.4 Å². The minimum absolute atomic E-state index is 0. The zero-order chi connectivity index (χ0) is 26.5. The number of nitrogens with one attached hydrogen (secondary N) is 1. The standard InChI is InChI=1S/C15H26N2O2.C11H23NO3.ClH/c1-14(2,3)11(16)10-17-12(18)8-15(9-13(17)19)6-4-5-7-15;1-10(2,3)8(7-13)12-9(14)15-11(4,5)6;/h11H,4-10,16H2,1-3H3;8,13H,7H2,1-6H3,(H,12,14);1H/t11-;8-;/m11./s1. The molecule has 3 amide bonds. The normalized spacial score (nSPS) is 19.9. The smallest absolute Gasteiger partial charge is 0.407 e. The van der Waals surface area contributed by atoms with Crippen LogP contribution in [-0.4, -0.2) is 58.8 Å². The summed E-state index contributed by atoms with van der Waals surface area (Å²) in [5.74, 6) is -0.0318. The van der Waals surface area contributed by atoms with E-state index in [1.54, 1.807) is 20.8 Å². The van der Waals surface area contributed by atoms with Crippen molar-refractivity contribution in [2.24, 2.45) is 22.0 Å². The number of rotatable bonds is 4. The van der Waals surface area contributed by atoms with Crippen molar-refractivity contribution in [2.75, 3.05) is 13.2 Å². The van der Waals surface area contributed by atoms with Crippen molar-refractivity contribution in [3.05, 3.63) is 0 Å². The van der Waals surface area contributed by atoms with E-state index in [4.69, 9.17) is 15.6 Å². The number of likely N-dealkylation sites (tertiary alicyclic amines) is 1. The summed E-state index contributed by atoms with van der Waals surface area (Å²) in [4.78, 5) is 37.4. The number of halogens is 1. The average molecular weight is 520 g/mol. The lowest BCUT2D eigenvalue weighted by atomic mass is 9.76. The lowest BCUT2D eigenvalue weighted by Crippen LogP contribution is -2.53. The lowest BCUT2D eigenvalue weighted by Gasteiger charge is -2.39. The Balaban J connectivity index is 0.000000663. The Bertz CT molecular complexity index is 696. The molecule has 1 aliphatic heterocycles. The van der Waals surface area contributed by atoms with Crippen LogP contribution in [0.15, 0.2) is 0 Å². The second-order valence-electron chi connectivity index (χ2n) is 13.2. The SMILES string of the molecule is CC(C)(C)OC(=O)N[C@H](CO)C(C)(C)C.CC(C)(C)[C@H](N)CN1C(=O)CC2(CCCC2)CC1=O.Cl. The molecule has 2 rings (SSSR count). The van der Waals surface area contributed by atoms with E-state index < -0.39 is 11.7 Å². The predicted octanol–water partition coefficient (Wildman–Crippen LogP) is 4.41. The van der Waals surface area contributed by atoms with Crippen LogP contribution in [0.25, 0.3) is 0 Å². The van der Waals surface area contributed by atoms with E-state index in [2.05, 4.69) is 5.32 Å². The first-order valence-electron chi connectivity index (χ1n) is 12.5. The summed E-state index contributed by atoms with van der Waals surface area (Å²) in [6, 6.07) is -0.467. The number of alkyl carbamates (subject to hydrolysis) is 1. The van der Waals surface area contributed by atoms with E-state index in [0.29, 0.717) is 19.4 Å². The van der Waals surface area contributed by atoms with Gasteiger partial charge < -0.3 is 20.9 Å². The summed E-state index contributed by atoms with van der Waals surface area (Å²) in [5, 5.41) is 11.8. The number of nitrogens with two attached hydrogens (primary N) is 1. The van der Waals surface area contributed by atoms with Crippen LogP contribution in [0.5, 0.6) is 0 Å². The van der Waals surface area contributed by atoms with Crippen molar-refractivity contribution in [1.29, 1.82) is 0 Å². The van der Waals surface area contributed by atoms with Crippen molar-refractivity contribution in [3.8, 4) is 0 Å². The molecule has 0 bridgehead atoms. The van der Waals surface area contributed by atoms with Crippen molar-refractivity contribution < 1.29 is 24.2 Å². The van der Waals surface area contributed by atoms with Crippen LogP contribution in [0.3, 0.4) is 0 Å². The molecule has 1 spiro atoms. The summed E-state index contributed by atoms with van der Waals surface area (Å²) < 4.78 is 5.10. The molecule has 0 aromatic rings. The Morgan fingerprint density at radius 3 is 1.80 bits per heavy atom. The molecule has 1 heterocycles. The number of ether oxygens (including phenoxy) is 1. The maximum absolute atomic E-state index is 12.3. The third kappa shape index (κ3) is 11.0. The Kier molecular flexibility index (Phi) is 12.2. The van der Waals surface area contributed by atoms with Gasteiger partial charge in [0, 0.05) is 25.4 Å². The van der Waals surface area contributed by atoms with Gasteiger partial charge in [-0.25, -0.2) is 4.79 Å². The highest BCUT2D eigenvalue weighted by molar-refractivity contribution is 5.98. The second kappa shape index (κ2) is 12.7. The van der Waals surface area contributed by atoms with Gasteiger partial charge in [0.2, 0.25) is 11.8 Å². The van der Waals surface area contributed by atoms with E-state index >= 15 is 0 Å². The molecule has 1 saturated carbocycles. The number of carbonyl (C=O) groups is 3. The number of piperidine rings is 1. The highest BCUT2D eigenvalue weighted by atomic mass is 35.5. The van der Waals surface area contributed by atoms with Crippen LogP contribution in [0.2, 0.25) is 0 Å². The number of aliphatic hydroxyl groups excluding tert-OH is 1. The fraction of sp³-hybridized carbons (Fsp3) is 0.885. The molecule has 4 N–H and O–H groups in total. The number of aliphatic hydroxyl groups is 1. The largest absolute Gasteiger partial charge is 0.444 e. The molecular formula is C26H50ClN3O5. The molecule has 2 atom stereocenters. The Hall–Kier alpha value is -1.38. The summed E-state index contributed by atoms with van der Waals surface area (Å²) in [6.07, 6.45) is 4.96. The fourth-order valence-corrected chi connectivity index (χ4v) is 4.17. The Labute approximate surface area is 218 Å². The van der Waals surface area contributed by atoms with Gasteiger partial charge in [0.25, 0.3) is 0 Å². The second-order valence-corrected chi connectivity index (χ2v) is 13.2. The molecule has 9 heteroatoms. The molecule has 0 radical (unpaired) electrons. The van der Waals surface area contributed by atoms with Gasteiger partial charge in [0.05, 0.1) is 12.6 Å². The highest BCUT2D eigenvalue weighted by Gasteiger charge is 2.45. The summed E-state index contributed by atoms with van der Waals surface area (Å²) in [6.45, 7) is 17.6. The number of nitrogens with zero attached hydrogens (tertiary/aromatic N) is 1. The van der Waals surface area contributed by atoms with Crippen molar-refractivity contribution in [1.82, 2.24) is 10.2 Å². The van der Waals surface area contributed by atoms with Gasteiger partial charge in [0.15, 0.2) is 0 Å². The molecular weight excluding hydrogens is 470 g/mol. The van der Waals surface area contributed by atoms with Crippen molar-refractivity contribution >= 4 is 30.3 Å². The molecule has 2 aliphatic rings. The molecule has 8 nitrogen and oxygen atoms in total. The van der Waals surface area contributed by atoms with Gasteiger partial charge in [-0.3, -0.25) is 14.5 Å². The molecule has 0 aromatic heterocycles. The average Bonchev–Trinajstić information content (AvgIpc) is 3.07. The third-order valence-corrected chi connectivity index (χ3v) is 6.73. The number of hydrogen-bond donors (Lipinski definition) is 3. The zero-order valence-corrected chi connectivity index (χ0v) is 24.1. The van der Waals surface area contributed by atoms with E-state index in [-0.39, 0.29) is 59.2 Å². The van der Waals surface area contributed by atoms with Crippen LogP contribution in [0, 0.1) is 16.2 Å². The van der Waals surface area contributed by atoms with Gasteiger partial charge in [-0.1, -0.05) is 54.4 Å². The summed E-state index contributed by atoms with van der Waals surface area (Å²) >= 11 is 0. The third-order valence-electron chi connectivity index (χ3n) is 6.73. The molecule has 0 aromatic carbocycles. The van der Waals surface area contributed by atoms with Crippen molar-refractivity contribution in [3.63, 3.8) is 0 Å². The fourth-order valence-electron chi connectivity index (χ4n) is 4.17. The topological polar surface area (TPSA) is 122 Å². The maximum atomic E-state index is 12.3. The molecule has 1 saturated heterocycles. The predicted molar refractivity (Wildman–Crippen MR) is 141 cm³/mol. The van der Waals surface area contributed by atoms with Crippen molar-refractivity contribution in [2.45, 2.75) is 119 Å². The lowest BCUT2D eigenvalue weighted by molar-refractivity contribution is -0.154. The molecule has 1 aliphatic carbocycles. The first-order valence-corrected chi connectivity index (χ1v) is 12.5.